The zero-order valence-electron chi connectivity index (χ0n) is 9.03. The Morgan fingerprint density at radius 2 is 2.07 bits per heavy atom. The molecule has 2 heterocycles. The SMILES string of the molecule is CC.Nc1cnn(C2CCNCC2)c1. The maximum atomic E-state index is 5.59. The van der Waals surface area contributed by atoms with Crippen LogP contribution in [0.15, 0.2) is 12.4 Å². The highest BCUT2D eigenvalue weighted by Crippen LogP contribution is 2.17. The van der Waals surface area contributed by atoms with Crippen LogP contribution in [0.3, 0.4) is 0 Å². The highest BCUT2D eigenvalue weighted by molar-refractivity contribution is 5.30. The molecule has 4 nitrogen and oxygen atoms in total. The van der Waals surface area contributed by atoms with Crippen LogP contribution in [-0.4, -0.2) is 22.9 Å². The van der Waals surface area contributed by atoms with E-state index >= 15 is 0 Å². The summed E-state index contributed by atoms with van der Waals surface area (Å²) in [6, 6.07) is 0.545. The second-order valence-corrected chi connectivity index (χ2v) is 3.23. The Morgan fingerprint density at radius 1 is 1.43 bits per heavy atom. The number of aromatic nitrogens is 2. The van der Waals surface area contributed by atoms with Crippen molar-refractivity contribution in [3.05, 3.63) is 12.4 Å². The molecule has 0 amide bonds. The molecule has 4 heteroatoms. The largest absolute Gasteiger partial charge is 0.396 e. The van der Waals surface area contributed by atoms with Crippen LogP contribution >= 0.6 is 0 Å². The molecular weight excluding hydrogens is 176 g/mol. The van der Waals surface area contributed by atoms with Gasteiger partial charge in [0.1, 0.15) is 0 Å². The number of nitrogen functional groups attached to an aromatic ring is 1. The van der Waals surface area contributed by atoms with Gasteiger partial charge in [-0.05, 0) is 25.9 Å². The van der Waals surface area contributed by atoms with Gasteiger partial charge in [0.2, 0.25) is 0 Å². The summed E-state index contributed by atoms with van der Waals surface area (Å²) < 4.78 is 1.98. The maximum absolute atomic E-state index is 5.59. The molecule has 2 rings (SSSR count). The summed E-state index contributed by atoms with van der Waals surface area (Å²) in [5, 5.41) is 7.52. The van der Waals surface area contributed by atoms with Gasteiger partial charge in [-0.2, -0.15) is 5.10 Å². The van der Waals surface area contributed by atoms with Crippen molar-refractivity contribution in [1.29, 1.82) is 0 Å². The zero-order chi connectivity index (χ0) is 10.4. The Bertz CT molecular complexity index is 250. The molecule has 1 aliphatic heterocycles. The van der Waals surface area contributed by atoms with Gasteiger partial charge >= 0.3 is 0 Å². The second-order valence-electron chi connectivity index (χ2n) is 3.23. The molecule has 1 aromatic rings. The standard InChI is InChI=1S/C8H14N4.C2H6/c9-7-5-11-12(6-7)8-1-3-10-4-2-8;1-2/h5-6,8,10H,1-4,9H2;1-2H3. The molecule has 0 aliphatic carbocycles. The minimum Gasteiger partial charge on any atom is -0.396 e. The number of piperidine rings is 1. The van der Waals surface area contributed by atoms with Crippen LogP contribution in [0.1, 0.15) is 32.7 Å². The van der Waals surface area contributed by atoms with Gasteiger partial charge in [-0.3, -0.25) is 4.68 Å². The molecule has 0 unspecified atom stereocenters. The fourth-order valence-electron chi connectivity index (χ4n) is 1.62. The molecule has 0 spiro atoms. The molecular formula is C10H20N4. The third kappa shape index (κ3) is 2.73. The molecule has 0 atom stereocenters. The van der Waals surface area contributed by atoms with Crippen molar-refractivity contribution in [3.8, 4) is 0 Å². The van der Waals surface area contributed by atoms with Gasteiger partial charge in [0.15, 0.2) is 0 Å². The monoisotopic (exact) mass is 196 g/mol. The first-order chi connectivity index (χ1) is 6.86. The topological polar surface area (TPSA) is 55.9 Å². The molecule has 1 aromatic heterocycles. The number of hydrogen-bond acceptors (Lipinski definition) is 3. The number of nitrogens with zero attached hydrogens (tertiary/aromatic N) is 2. The lowest BCUT2D eigenvalue weighted by molar-refractivity contribution is 0.343. The van der Waals surface area contributed by atoms with Gasteiger partial charge < -0.3 is 11.1 Å². The second kappa shape index (κ2) is 5.65. The van der Waals surface area contributed by atoms with E-state index in [1.54, 1.807) is 6.20 Å². The number of rotatable bonds is 1. The fraction of sp³-hybridized carbons (Fsp3) is 0.700. The highest BCUT2D eigenvalue weighted by atomic mass is 15.3. The van der Waals surface area contributed by atoms with E-state index in [9.17, 15) is 0 Å². The van der Waals surface area contributed by atoms with E-state index in [1.807, 2.05) is 24.7 Å². The Hall–Kier alpha value is -1.03. The lowest BCUT2D eigenvalue weighted by atomic mass is 10.1. The summed E-state index contributed by atoms with van der Waals surface area (Å²) in [5.41, 5.74) is 6.34. The van der Waals surface area contributed by atoms with E-state index in [0.29, 0.717) is 6.04 Å². The summed E-state index contributed by atoms with van der Waals surface area (Å²) in [6.07, 6.45) is 5.93. The van der Waals surface area contributed by atoms with Crippen LogP contribution in [0.4, 0.5) is 5.69 Å². The smallest absolute Gasteiger partial charge is 0.0719 e. The lowest BCUT2D eigenvalue weighted by Crippen LogP contribution is -2.29. The summed E-state index contributed by atoms with van der Waals surface area (Å²) in [5.74, 6) is 0. The van der Waals surface area contributed by atoms with Crippen molar-refractivity contribution >= 4 is 5.69 Å². The first-order valence-electron chi connectivity index (χ1n) is 5.36. The number of nitrogens with two attached hydrogens (primary N) is 1. The van der Waals surface area contributed by atoms with Crippen LogP contribution in [0.2, 0.25) is 0 Å². The van der Waals surface area contributed by atoms with E-state index in [-0.39, 0.29) is 0 Å². The van der Waals surface area contributed by atoms with Gasteiger partial charge in [0, 0.05) is 6.20 Å². The van der Waals surface area contributed by atoms with Crippen molar-refractivity contribution in [2.24, 2.45) is 0 Å². The molecule has 0 saturated carbocycles. The average Bonchev–Trinajstić information content (AvgIpc) is 2.69. The number of nitrogens with one attached hydrogen (secondary N) is 1. The van der Waals surface area contributed by atoms with Gasteiger partial charge in [-0.15, -0.1) is 0 Å². The van der Waals surface area contributed by atoms with Crippen LogP contribution in [-0.2, 0) is 0 Å². The predicted octanol–water partition coefficient (Wildman–Crippen LogP) is 1.42. The van der Waals surface area contributed by atoms with Crippen LogP contribution in [0.5, 0.6) is 0 Å². The first-order valence-corrected chi connectivity index (χ1v) is 5.36. The normalized spacial score (nSPS) is 17.3. The Balaban J connectivity index is 0.000000461. The van der Waals surface area contributed by atoms with Gasteiger partial charge in [0.25, 0.3) is 0 Å². The molecule has 3 N–H and O–H groups in total. The van der Waals surface area contributed by atoms with Crippen LogP contribution in [0, 0.1) is 0 Å². The zero-order valence-corrected chi connectivity index (χ0v) is 9.03. The predicted molar refractivity (Wildman–Crippen MR) is 59.1 cm³/mol. The van der Waals surface area contributed by atoms with Crippen LogP contribution < -0.4 is 11.1 Å². The quantitative estimate of drug-likeness (QED) is 0.714. The summed E-state index contributed by atoms with van der Waals surface area (Å²) in [4.78, 5) is 0. The summed E-state index contributed by atoms with van der Waals surface area (Å²) >= 11 is 0. The Labute approximate surface area is 85.5 Å². The molecule has 1 aliphatic rings. The van der Waals surface area contributed by atoms with E-state index < -0.39 is 0 Å². The molecule has 80 valence electrons. The first kappa shape index (κ1) is 11.0. The van der Waals surface area contributed by atoms with Gasteiger partial charge in [-0.25, -0.2) is 0 Å². The van der Waals surface area contributed by atoms with Crippen LogP contribution in [0.25, 0.3) is 0 Å². The third-order valence-electron chi connectivity index (χ3n) is 2.30. The van der Waals surface area contributed by atoms with E-state index in [0.717, 1.165) is 31.6 Å². The number of hydrogen-bond donors (Lipinski definition) is 2. The fourth-order valence-corrected chi connectivity index (χ4v) is 1.62. The molecule has 0 bridgehead atoms. The van der Waals surface area contributed by atoms with E-state index in [4.69, 9.17) is 5.73 Å². The molecule has 14 heavy (non-hydrogen) atoms. The molecule has 1 saturated heterocycles. The van der Waals surface area contributed by atoms with Gasteiger partial charge in [-0.1, -0.05) is 13.8 Å². The Kier molecular flexibility index (Phi) is 4.46. The maximum Gasteiger partial charge on any atom is 0.0719 e. The average molecular weight is 196 g/mol. The lowest BCUT2D eigenvalue weighted by Gasteiger charge is -2.22. The minimum atomic E-state index is 0.545. The van der Waals surface area contributed by atoms with E-state index in [1.165, 1.54) is 0 Å². The highest BCUT2D eigenvalue weighted by Gasteiger charge is 2.14. The van der Waals surface area contributed by atoms with Crippen molar-refractivity contribution in [2.45, 2.75) is 32.7 Å². The number of anilines is 1. The summed E-state index contributed by atoms with van der Waals surface area (Å²) in [7, 11) is 0. The Morgan fingerprint density at radius 3 is 2.57 bits per heavy atom. The third-order valence-corrected chi connectivity index (χ3v) is 2.30. The van der Waals surface area contributed by atoms with Crippen molar-refractivity contribution in [3.63, 3.8) is 0 Å². The molecule has 0 radical (unpaired) electrons. The van der Waals surface area contributed by atoms with E-state index in [2.05, 4.69) is 10.4 Å². The molecule has 1 fully saturated rings. The summed E-state index contributed by atoms with van der Waals surface area (Å²) in [6.45, 7) is 6.18. The van der Waals surface area contributed by atoms with Crippen molar-refractivity contribution in [1.82, 2.24) is 15.1 Å². The van der Waals surface area contributed by atoms with Gasteiger partial charge in [0.05, 0.1) is 17.9 Å². The minimum absolute atomic E-state index is 0.545. The molecule has 0 aromatic carbocycles. The van der Waals surface area contributed by atoms with Crippen molar-refractivity contribution < 1.29 is 0 Å². The van der Waals surface area contributed by atoms with Crippen molar-refractivity contribution in [2.75, 3.05) is 18.8 Å².